The van der Waals surface area contributed by atoms with Gasteiger partial charge in [0, 0.05) is 5.56 Å². The molecule has 0 heterocycles. The van der Waals surface area contributed by atoms with E-state index in [1.165, 1.54) is 25.7 Å². The molecule has 3 heteroatoms. The highest BCUT2D eigenvalue weighted by atomic mass is 16.5. The Bertz CT molecular complexity index is 427. The standard InChI is InChI=1S/C16H24N2O/c1-16(2)9-7-14(8-10-16)19-11-12-3-5-13(6-4-12)15(17)18/h3-6,14H,7-11H2,1-2H3,(H3,17,18). The highest BCUT2D eigenvalue weighted by Crippen LogP contribution is 2.36. The largest absolute Gasteiger partial charge is 0.384 e. The minimum atomic E-state index is 0.113. The number of nitrogens with two attached hydrogens (primary N) is 1. The molecule has 1 aromatic carbocycles. The van der Waals surface area contributed by atoms with E-state index in [4.69, 9.17) is 15.9 Å². The highest BCUT2D eigenvalue weighted by molar-refractivity contribution is 5.94. The zero-order valence-corrected chi connectivity index (χ0v) is 11.9. The fraction of sp³-hybridized carbons (Fsp3) is 0.562. The fourth-order valence-corrected chi connectivity index (χ4v) is 2.53. The molecule has 0 radical (unpaired) electrons. The molecule has 19 heavy (non-hydrogen) atoms. The third-order valence-electron chi connectivity index (χ3n) is 4.04. The lowest BCUT2D eigenvalue weighted by molar-refractivity contribution is -0.00558. The molecule has 3 nitrogen and oxygen atoms in total. The third kappa shape index (κ3) is 4.06. The Hall–Kier alpha value is -1.35. The molecule has 1 aliphatic carbocycles. The van der Waals surface area contributed by atoms with Gasteiger partial charge >= 0.3 is 0 Å². The first-order valence-corrected chi connectivity index (χ1v) is 7.01. The molecule has 0 unspecified atom stereocenters. The molecule has 0 amide bonds. The van der Waals surface area contributed by atoms with Gasteiger partial charge in [-0.15, -0.1) is 0 Å². The SMILES string of the molecule is CC1(C)CCC(OCc2ccc(C(=N)N)cc2)CC1. The minimum Gasteiger partial charge on any atom is -0.384 e. The minimum absolute atomic E-state index is 0.113. The van der Waals surface area contributed by atoms with Gasteiger partial charge in [-0.3, -0.25) is 5.41 Å². The Labute approximate surface area is 115 Å². The van der Waals surface area contributed by atoms with Crippen LogP contribution >= 0.6 is 0 Å². The zero-order valence-electron chi connectivity index (χ0n) is 11.9. The number of hydrogen-bond donors (Lipinski definition) is 2. The van der Waals surface area contributed by atoms with Gasteiger partial charge in [-0.1, -0.05) is 38.1 Å². The van der Waals surface area contributed by atoms with Crippen molar-refractivity contribution in [1.29, 1.82) is 5.41 Å². The monoisotopic (exact) mass is 260 g/mol. The molecule has 1 saturated carbocycles. The van der Waals surface area contributed by atoms with Crippen LogP contribution in [0.3, 0.4) is 0 Å². The number of rotatable bonds is 4. The smallest absolute Gasteiger partial charge is 0.122 e. The fourth-order valence-electron chi connectivity index (χ4n) is 2.53. The van der Waals surface area contributed by atoms with Crippen molar-refractivity contribution in [3.63, 3.8) is 0 Å². The van der Waals surface area contributed by atoms with Crippen LogP contribution in [0, 0.1) is 10.8 Å². The van der Waals surface area contributed by atoms with Crippen molar-refractivity contribution in [2.24, 2.45) is 11.1 Å². The van der Waals surface area contributed by atoms with Crippen molar-refractivity contribution < 1.29 is 4.74 Å². The molecule has 0 aromatic heterocycles. The van der Waals surface area contributed by atoms with Gasteiger partial charge in [0.25, 0.3) is 0 Å². The molecular formula is C16H24N2O. The summed E-state index contributed by atoms with van der Waals surface area (Å²) in [6.45, 7) is 5.33. The van der Waals surface area contributed by atoms with Crippen LogP contribution in [0.25, 0.3) is 0 Å². The molecule has 104 valence electrons. The predicted octanol–water partition coefficient (Wildman–Crippen LogP) is 3.46. The summed E-state index contributed by atoms with van der Waals surface area (Å²) in [6.07, 6.45) is 5.24. The Balaban J connectivity index is 1.81. The van der Waals surface area contributed by atoms with Crippen LogP contribution in [0.5, 0.6) is 0 Å². The molecule has 1 aliphatic rings. The predicted molar refractivity (Wildman–Crippen MR) is 78.3 cm³/mol. The first-order valence-electron chi connectivity index (χ1n) is 7.01. The molecule has 0 aliphatic heterocycles. The highest BCUT2D eigenvalue weighted by Gasteiger charge is 2.26. The van der Waals surface area contributed by atoms with Crippen molar-refractivity contribution in [3.05, 3.63) is 35.4 Å². The summed E-state index contributed by atoms with van der Waals surface area (Å²) < 4.78 is 5.98. The summed E-state index contributed by atoms with van der Waals surface area (Å²) in [5.74, 6) is 0.113. The van der Waals surface area contributed by atoms with Gasteiger partial charge in [0.2, 0.25) is 0 Å². The molecule has 0 saturated heterocycles. The van der Waals surface area contributed by atoms with E-state index in [1.54, 1.807) is 0 Å². The average Bonchev–Trinajstić information content (AvgIpc) is 2.38. The van der Waals surface area contributed by atoms with Gasteiger partial charge in [0.1, 0.15) is 5.84 Å². The first kappa shape index (κ1) is 14.1. The van der Waals surface area contributed by atoms with Crippen LogP contribution < -0.4 is 5.73 Å². The van der Waals surface area contributed by atoms with Crippen molar-refractivity contribution in [2.45, 2.75) is 52.2 Å². The molecule has 3 N–H and O–H groups in total. The molecule has 2 rings (SSSR count). The quantitative estimate of drug-likeness (QED) is 0.643. The second kappa shape index (κ2) is 5.74. The first-order chi connectivity index (χ1) is 8.96. The van der Waals surface area contributed by atoms with Crippen molar-refractivity contribution >= 4 is 5.84 Å². The summed E-state index contributed by atoms with van der Waals surface area (Å²) in [6, 6.07) is 7.74. The van der Waals surface area contributed by atoms with Crippen molar-refractivity contribution in [3.8, 4) is 0 Å². The summed E-state index contributed by atoms with van der Waals surface area (Å²) in [5, 5.41) is 7.35. The summed E-state index contributed by atoms with van der Waals surface area (Å²) >= 11 is 0. The number of nitrogen functional groups attached to an aromatic ring is 1. The van der Waals surface area contributed by atoms with Gasteiger partial charge in [-0.05, 0) is 36.7 Å². The average molecular weight is 260 g/mol. The van der Waals surface area contributed by atoms with Gasteiger partial charge in [-0.2, -0.15) is 0 Å². The topological polar surface area (TPSA) is 59.1 Å². The van der Waals surface area contributed by atoms with Crippen LogP contribution in [0.4, 0.5) is 0 Å². The van der Waals surface area contributed by atoms with Gasteiger partial charge in [0.05, 0.1) is 12.7 Å². The second-order valence-corrected chi connectivity index (χ2v) is 6.29. The maximum Gasteiger partial charge on any atom is 0.122 e. The maximum atomic E-state index is 7.35. The van der Waals surface area contributed by atoms with Crippen molar-refractivity contribution in [1.82, 2.24) is 0 Å². The zero-order chi connectivity index (χ0) is 13.9. The van der Waals surface area contributed by atoms with E-state index in [0.717, 1.165) is 11.1 Å². The number of nitrogens with one attached hydrogen (secondary N) is 1. The molecule has 0 atom stereocenters. The Kier molecular flexibility index (Phi) is 4.25. The molecule has 0 bridgehead atoms. The van der Waals surface area contributed by atoms with E-state index < -0.39 is 0 Å². The van der Waals surface area contributed by atoms with Crippen LogP contribution in [0.15, 0.2) is 24.3 Å². The van der Waals surface area contributed by atoms with E-state index in [9.17, 15) is 0 Å². The molecule has 1 fully saturated rings. The normalized spacial score (nSPS) is 19.3. The van der Waals surface area contributed by atoms with Gasteiger partial charge in [0.15, 0.2) is 0 Å². The van der Waals surface area contributed by atoms with E-state index in [2.05, 4.69) is 13.8 Å². The lowest BCUT2D eigenvalue weighted by Crippen LogP contribution is -2.26. The Morgan fingerprint density at radius 1 is 1.26 bits per heavy atom. The lowest BCUT2D eigenvalue weighted by atomic mass is 9.76. The number of hydrogen-bond acceptors (Lipinski definition) is 2. The van der Waals surface area contributed by atoms with Crippen LogP contribution in [0.1, 0.15) is 50.7 Å². The molecule has 0 spiro atoms. The Morgan fingerprint density at radius 3 is 2.37 bits per heavy atom. The van der Waals surface area contributed by atoms with E-state index >= 15 is 0 Å². The summed E-state index contributed by atoms with van der Waals surface area (Å²) in [7, 11) is 0. The summed E-state index contributed by atoms with van der Waals surface area (Å²) in [5.41, 5.74) is 7.84. The van der Waals surface area contributed by atoms with Crippen molar-refractivity contribution in [2.75, 3.05) is 0 Å². The molecular weight excluding hydrogens is 236 g/mol. The summed E-state index contributed by atoms with van der Waals surface area (Å²) in [4.78, 5) is 0. The van der Waals surface area contributed by atoms with Crippen LogP contribution in [0.2, 0.25) is 0 Å². The second-order valence-electron chi connectivity index (χ2n) is 6.29. The Morgan fingerprint density at radius 2 is 1.84 bits per heavy atom. The van der Waals surface area contributed by atoms with Gasteiger partial charge in [-0.25, -0.2) is 0 Å². The number of benzene rings is 1. The van der Waals surface area contributed by atoms with Crippen LogP contribution in [-0.4, -0.2) is 11.9 Å². The molecule has 1 aromatic rings. The number of amidine groups is 1. The third-order valence-corrected chi connectivity index (χ3v) is 4.04. The van der Waals surface area contributed by atoms with E-state index in [1.807, 2.05) is 24.3 Å². The van der Waals surface area contributed by atoms with E-state index in [0.29, 0.717) is 18.1 Å². The lowest BCUT2D eigenvalue weighted by Gasteiger charge is -2.34. The van der Waals surface area contributed by atoms with E-state index in [-0.39, 0.29) is 5.84 Å². The number of ether oxygens (including phenoxy) is 1. The van der Waals surface area contributed by atoms with Crippen LogP contribution in [-0.2, 0) is 11.3 Å². The van der Waals surface area contributed by atoms with Gasteiger partial charge < -0.3 is 10.5 Å². The maximum absolute atomic E-state index is 7.35.